The van der Waals surface area contributed by atoms with E-state index in [0.29, 0.717) is 6.42 Å². The summed E-state index contributed by atoms with van der Waals surface area (Å²) in [6, 6.07) is -1.72. The van der Waals surface area contributed by atoms with Crippen molar-refractivity contribution >= 4 is 11.9 Å². The molecule has 0 aromatic rings. The molecule has 0 fully saturated rings. The zero-order chi connectivity index (χ0) is 24.8. The van der Waals surface area contributed by atoms with Gasteiger partial charge in [0.2, 0.25) is 5.91 Å². The molecule has 0 saturated heterocycles. The number of carbonyl (C=O) groups excluding carboxylic acids is 1. The van der Waals surface area contributed by atoms with Gasteiger partial charge in [-0.25, -0.2) is 0 Å². The molecule has 9 heteroatoms. The number of aliphatic hydroxyl groups excluding tert-OH is 3. The number of unbranched alkanes of at least 4 members (excludes halogenated alkanes) is 11. The van der Waals surface area contributed by atoms with E-state index in [9.17, 15) is 19.8 Å². The summed E-state index contributed by atoms with van der Waals surface area (Å²) < 4.78 is 0. The Bertz CT molecular complexity index is 453. The Balaban J connectivity index is 0. The third-order valence-corrected chi connectivity index (χ3v) is 5.42. The van der Waals surface area contributed by atoms with Gasteiger partial charge in [0.05, 0.1) is 24.9 Å². The second-order valence-corrected chi connectivity index (χ2v) is 8.53. The van der Waals surface area contributed by atoms with Crippen LogP contribution in [0.3, 0.4) is 0 Å². The van der Waals surface area contributed by atoms with E-state index in [-0.39, 0.29) is 19.4 Å². The predicted molar refractivity (Wildman–Crippen MR) is 127 cm³/mol. The van der Waals surface area contributed by atoms with Crippen LogP contribution < -0.4 is 17.2 Å². The Morgan fingerprint density at radius 3 is 1.59 bits per heavy atom. The molecule has 0 aliphatic heterocycles. The summed E-state index contributed by atoms with van der Waals surface area (Å²) in [7, 11) is 0. The van der Waals surface area contributed by atoms with Crippen molar-refractivity contribution < 1.29 is 30.0 Å². The van der Waals surface area contributed by atoms with Crippen LogP contribution in [-0.2, 0) is 9.59 Å². The number of aliphatic carboxylic acids is 1. The maximum absolute atomic E-state index is 10.1. The van der Waals surface area contributed by atoms with E-state index in [1.54, 1.807) is 0 Å². The Kier molecular flexibility index (Phi) is 23.6. The van der Waals surface area contributed by atoms with Crippen molar-refractivity contribution in [2.45, 2.75) is 128 Å². The number of carbonyl (C=O) groups is 2. The van der Waals surface area contributed by atoms with Crippen molar-refractivity contribution in [2.24, 2.45) is 17.2 Å². The van der Waals surface area contributed by atoms with Crippen LogP contribution in [0.25, 0.3) is 0 Å². The number of aliphatic hydroxyl groups is 3. The Morgan fingerprint density at radius 2 is 1.22 bits per heavy atom. The molecule has 1 amide bonds. The average Bonchev–Trinajstić information content (AvgIpc) is 2.77. The molecule has 0 aliphatic rings. The minimum absolute atomic E-state index is 0.0213. The summed E-state index contributed by atoms with van der Waals surface area (Å²) in [6.45, 7) is 1.96. The van der Waals surface area contributed by atoms with Gasteiger partial charge in [-0.1, -0.05) is 84.0 Å². The molecule has 192 valence electrons. The molecule has 0 aliphatic carbocycles. The maximum Gasteiger partial charge on any atom is 0.320 e. The van der Waals surface area contributed by atoms with Crippen LogP contribution in [0.5, 0.6) is 0 Å². The van der Waals surface area contributed by atoms with Crippen LogP contribution in [0, 0.1) is 0 Å². The molecule has 0 aromatic heterocycles. The first-order chi connectivity index (χ1) is 15.2. The number of amides is 1. The van der Waals surface area contributed by atoms with Crippen molar-refractivity contribution in [3.63, 3.8) is 0 Å². The van der Waals surface area contributed by atoms with Gasteiger partial charge in [-0.3, -0.25) is 9.59 Å². The Morgan fingerprint density at radius 1 is 0.781 bits per heavy atom. The van der Waals surface area contributed by atoms with Gasteiger partial charge in [0, 0.05) is 6.42 Å². The fraction of sp³-hybridized carbons (Fsp3) is 0.913. The van der Waals surface area contributed by atoms with E-state index in [4.69, 9.17) is 27.4 Å². The zero-order valence-electron chi connectivity index (χ0n) is 20.0. The van der Waals surface area contributed by atoms with Crippen LogP contribution >= 0.6 is 0 Å². The molecule has 32 heavy (non-hydrogen) atoms. The summed E-state index contributed by atoms with van der Waals surface area (Å²) in [5, 5.41) is 36.4. The Labute approximate surface area is 193 Å². The fourth-order valence-corrected chi connectivity index (χ4v) is 3.18. The number of carboxylic acid groups (broad SMARTS) is 1. The zero-order valence-corrected chi connectivity index (χ0v) is 20.0. The number of rotatable bonds is 20. The van der Waals surface area contributed by atoms with Crippen molar-refractivity contribution in [2.75, 3.05) is 6.61 Å². The summed E-state index contributed by atoms with van der Waals surface area (Å²) in [5.74, 6) is -1.64. The van der Waals surface area contributed by atoms with E-state index in [1.165, 1.54) is 64.2 Å². The first-order valence-electron chi connectivity index (χ1n) is 12.2. The van der Waals surface area contributed by atoms with E-state index < -0.39 is 36.2 Å². The average molecular weight is 464 g/mol. The van der Waals surface area contributed by atoms with Gasteiger partial charge in [-0.2, -0.15) is 0 Å². The lowest BCUT2D eigenvalue weighted by Gasteiger charge is -2.22. The number of hydrogen-bond acceptors (Lipinski definition) is 7. The number of carboxylic acids is 1. The van der Waals surface area contributed by atoms with E-state index in [2.05, 4.69) is 6.92 Å². The smallest absolute Gasteiger partial charge is 0.320 e. The number of primary amides is 1. The predicted octanol–water partition coefficient (Wildman–Crippen LogP) is 1.78. The lowest BCUT2D eigenvalue weighted by atomic mass is 10.00. The van der Waals surface area contributed by atoms with E-state index in [1.807, 2.05) is 0 Å². The maximum atomic E-state index is 10.1. The SMILES string of the molecule is CCCCCCCCCCCCCCC(O)C(O)C(N)CO.NC(=O)CCC(N)C(=O)O. The highest BCUT2D eigenvalue weighted by molar-refractivity contribution is 5.76. The van der Waals surface area contributed by atoms with Crippen LogP contribution in [0.4, 0.5) is 0 Å². The fourth-order valence-electron chi connectivity index (χ4n) is 3.18. The quantitative estimate of drug-likeness (QED) is 0.133. The van der Waals surface area contributed by atoms with E-state index in [0.717, 1.165) is 12.8 Å². The van der Waals surface area contributed by atoms with Gasteiger partial charge in [0.15, 0.2) is 0 Å². The second-order valence-electron chi connectivity index (χ2n) is 8.53. The van der Waals surface area contributed by atoms with Crippen LogP contribution in [0.1, 0.15) is 103 Å². The van der Waals surface area contributed by atoms with E-state index >= 15 is 0 Å². The lowest BCUT2D eigenvalue weighted by molar-refractivity contribution is -0.138. The molecule has 0 rings (SSSR count). The molecule has 10 N–H and O–H groups in total. The summed E-state index contributed by atoms with van der Waals surface area (Å²) in [6.07, 6.45) is 14.2. The highest BCUT2D eigenvalue weighted by Crippen LogP contribution is 2.14. The molecule has 9 nitrogen and oxygen atoms in total. The molecule has 0 bridgehead atoms. The third kappa shape index (κ3) is 22.0. The molecule has 4 unspecified atom stereocenters. The Hall–Kier alpha value is -1.26. The molecular formula is C23H49N3O6. The van der Waals surface area contributed by atoms with Gasteiger partial charge in [0.25, 0.3) is 0 Å². The third-order valence-electron chi connectivity index (χ3n) is 5.42. The largest absolute Gasteiger partial charge is 0.480 e. The minimum atomic E-state index is -1.11. The van der Waals surface area contributed by atoms with Crippen molar-refractivity contribution in [3.05, 3.63) is 0 Å². The first-order valence-corrected chi connectivity index (χ1v) is 12.2. The van der Waals surface area contributed by atoms with Crippen molar-refractivity contribution in [3.8, 4) is 0 Å². The van der Waals surface area contributed by atoms with Crippen LogP contribution in [0.15, 0.2) is 0 Å². The topological polar surface area (TPSA) is 193 Å². The monoisotopic (exact) mass is 463 g/mol. The highest BCUT2D eigenvalue weighted by atomic mass is 16.4. The van der Waals surface area contributed by atoms with Crippen LogP contribution in [0.2, 0.25) is 0 Å². The van der Waals surface area contributed by atoms with Gasteiger partial charge in [0.1, 0.15) is 6.04 Å². The van der Waals surface area contributed by atoms with Gasteiger partial charge >= 0.3 is 5.97 Å². The normalized spacial score (nSPS) is 14.7. The van der Waals surface area contributed by atoms with Gasteiger partial charge in [-0.05, 0) is 12.8 Å². The van der Waals surface area contributed by atoms with Gasteiger partial charge in [-0.15, -0.1) is 0 Å². The highest BCUT2D eigenvalue weighted by Gasteiger charge is 2.22. The van der Waals surface area contributed by atoms with Crippen LogP contribution in [-0.4, -0.2) is 63.2 Å². The first kappa shape index (κ1) is 32.9. The van der Waals surface area contributed by atoms with Crippen molar-refractivity contribution in [1.29, 1.82) is 0 Å². The molecule has 0 radical (unpaired) electrons. The second kappa shape index (κ2) is 22.9. The molecular weight excluding hydrogens is 414 g/mol. The molecule has 4 atom stereocenters. The summed E-state index contributed by atoms with van der Waals surface area (Å²) >= 11 is 0. The minimum Gasteiger partial charge on any atom is -0.480 e. The molecule has 0 heterocycles. The lowest BCUT2D eigenvalue weighted by Crippen LogP contribution is -2.45. The summed E-state index contributed by atoms with van der Waals surface area (Å²) in [4.78, 5) is 20.1. The number of nitrogens with two attached hydrogens (primary N) is 3. The summed E-state index contributed by atoms with van der Waals surface area (Å²) in [5.41, 5.74) is 15.3. The molecule has 0 saturated carbocycles. The van der Waals surface area contributed by atoms with Crippen molar-refractivity contribution in [1.82, 2.24) is 0 Å². The van der Waals surface area contributed by atoms with Gasteiger partial charge < -0.3 is 37.6 Å². The number of hydrogen-bond donors (Lipinski definition) is 7. The molecule has 0 aromatic carbocycles. The standard InChI is InChI=1S/C18H39NO3.C5H10N2O3/c1-2-3-4-5-6-7-8-9-10-11-12-13-14-17(21)18(22)16(19)15-20;6-3(5(9)10)1-2-4(7)8/h16-18,20-22H,2-15,19H2,1H3;3H,1-2,6H2,(H2,7,8)(H,9,10). The molecule has 0 spiro atoms.